The smallest absolute Gasteiger partial charge is 0.435 e. The van der Waals surface area contributed by atoms with Gasteiger partial charge in [-0.15, -0.1) is 10.2 Å². The molecule has 306 valence electrons. The number of hydrogen-bond acceptors (Lipinski definition) is 9. The molecule has 20 heteroatoms. The molecule has 0 spiro atoms. The van der Waals surface area contributed by atoms with E-state index in [1.807, 2.05) is 11.8 Å². The van der Waals surface area contributed by atoms with Crippen molar-refractivity contribution in [1.29, 1.82) is 0 Å². The lowest BCUT2D eigenvalue weighted by atomic mass is 10.00. The van der Waals surface area contributed by atoms with Crippen molar-refractivity contribution in [3.63, 3.8) is 0 Å². The number of imidazole rings is 1. The van der Waals surface area contributed by atoms with Crippen LogP contribution in [-0.2, 0) is 22.8 Å². The molecule has 3 aromatic heterocycles. The molecule has 1 fully saturated rings. The van der Waals surface area contributed by atoms with E-state index >= 15 is 0 Å². The highest BCUT2D eigenvalue weighted by atomic mass is 35.5. The summed E-state index contributed by atoms with van der Waals surface area (Å²) in [6.45, 7) is 9.45. The minimum Gasteiger partial charge on any atom is -0.444 e. The Kier molecular flexibility index (Phi) is 12.9. The van der Waals surface area contributed by atoms with Gasteiger partial charge < -0.3 is 29.3 Å². The molecular formula is C37H46ClF3N11O5+. The maximum Gasteiger partial charge on any atom is 0.435 e. The van der Waals surface area contributed by atoms with Crippen molar-refractivity contribution in [2.75, 3.05) is 57.5 Å². The predicted octanol–water partition coefficient (Wildman–Crippen LogP) is 4.18. The van der Waals surface area contributed by atoms with Crippen LogP contribution < -0.4 is 15.5 Å². The summed E-state index contributed by atoms with van der Waals surface area (Å²) >= 11 is 6.52. The summed E-state index contributed by atoms with van der Waals surface area (Å²) in [5.74, 6) is -1.33. The third kappa shape index (κ3) is 10.4. The monoisotopic (exact) mass is 816 g/mol. The number of nitrogens with one attached hydrogen (secondary N) is 3. The van der Waals surface area contributed by atoms with Gasteiger partial charge in [0.1, 0.15) is 5.60 Å². The molecule has 1 aromatic carbocycles. The van der Waals surface area contributed by atoms with Crippen molar-refractivity contribution in [2.45, 2.75) is 52.3 Å². The number of piperazine rings is 1. The average molecular weight is 817 g/mol. The molecular weight excluding hydrogens is 771 g/mol. The van der Waals surface area contributed by atoms with Crippen LogP contribution in [0, 0.1) is 5.92 Å². The number of ether oxygens (including phenoxy) is 1. The Balaban J connectivity index is 1.25. The molecule has 3 N–H and O–H groups in total. The van der Waals surface area contributed by atoms with Crippen LogP contribution in [0.15, 0.2) is 42.7 Å². The Morgan fingerprint density at radius 3 is 2.25 bits per heavy atom. The first-order chi connectivity index (χ1) is 26.7. The number of anilines is 2. The number of hydrogen-bond donors (Lipinski definition) is 3. The lowest BCUT2D eigenvalue weighted by Gasteiger charge is -2.36. The number of rotatable bonds is 11. The third-order valence-electron chi connectivity index (χ3n) is 9.13. The lowest BCUT2D eigenvalue weighted by Crippen LogP contribution is -3.05. The first kappa shape index (κ1) is 42.6. The van der Waals surface area contributed by atoms with Crippen molar-refractivity contribution < 1.29 is 42.0 Å². The van der Waals surface area contributed by atoms with Crippen LogP contribution >= 0.6 is 11.6 Å². The van der Waals surface area contributed by atoms with E-state index in [0.717, 1.165) is 36.5 Å². The number of alkyl halides is 3. The molecule has 16 nitrogen and oxygen atoms in total. The number of halogens is 4. The number of amides is 4. The summed E-state index contributed by atoms with van der Waals surface area (Å²) in [6, 6.07) is 6.99. The van der Waals surface area contributed by atoms with Crippen molar-refractivity contribution in [1.82, 2.24) is 39.3 Å². The van der Waals surface area contributed by atoms with Crippen LogP contribution in [0.4, 0.5) is 29.5 Å². The van der Waals surface area contributed by atoms with Crippen molar-refractivity contribution >= 4 is 46.9 Å². The van der Waals surface area contributed by atoms with Gasteiger partial charge in [-0.2, -0.15) is 18.3 Å². The predicted molar refractivity (Wildman–Crippen MR) is 204 cm³/mol. The summed E-state index contributed by atoms with van der Waals surface area (Å²) in [6.07, 6.45) is -1.95. The Morgan fingerprint density at radius 2 is 1.67 bits per heavy atom. The Morgan fingerprint density at radius 1 is 0.982 bits per heavy atom. The van der Waals surface area contributed by atoms with Crippen molar-refractivity contribution in [3.8, 4) is 17.1 Å². The SMILES string of the molecule is CCC(CC[NH+](C)C)C(=O)N1CCN(C(=O)c2ccc(NC(=O)c3ncc(-c4cn(-c5ccc(NC(=O)OC(C)(C)C)nn5)nc4C(F)(F)F)n3C)cc2Cl)CC1. The molecule has 1 unspecified atom stereocenters. The maximum atomic E-state index is 14.2. The van der Waals surface area contributed by atoms with Crippen molar-refractivity contribution in [2.24, 2.45) is 13.0 Å². The Hall–Kier alpha value is -5.56. The fraction of sp³-hybridized carbons (Fsp3) is 0.459. The number of carbonyl (C=O) groups is 4. The summed E-state index contributed by atoms with van der Waals surface area (Å²) in [5, 5.41) is 16.5. The van der Waals surface area contributed by atoms with E-state index < -0.39 is 29.5 Å². The van der Waals surface area contributed by atoms with E-state index in [-0.39, 0.29) is 62.7 Å². The summed E-state index contributed by atoms with van der Waals surface area (Å²) in [4.78, 5) is 60.7. The molecule has 4 heterocycles. The van der Waals surface area contributed by atoms with Crippen molar-refractivity contribution in [3.05, 3.63) is 64.8 Å². The summed E-state index contributed by atoms with van der Waals surface area (Å²) < 4.78 is 49.9. The van der Waals surface area contributed by atoms with Crippen LogP contribution in [0.25, 0.3) is 17.1 Å². The summed E-state index contributed by atoms with van der Waals surface area (Å²) in [7, 11) is 5.48. The van der Waals surface area contributed by atoms with Gasteiger partial charge >= 0.3 is 12.3 Å². The molecule has 1 aliphatic rings. The molecule has 57 heavy (non-hydrogen) atoms. The van der Waals surface area contributed by atoms with Crippen LogP contribution in [0.3, 0.4) is 0 Å². The molecule has 4 amide bonds. The van der Waals surface area contributed by atoms with E-state index in [0.29, 0.717) is 26.2 Å². The van der Waals surface area contributed by atoms with Gasteiger partial charge in [0.2, 0.25) is 5.91 Å². The Bertz CT molecular complexity index is 2100. The van der Waals surface area contributed by atoms with E-state index in [2.05, 4.69) is 45.0 Å². The number of carbonyl (C=O) groups excluding carboxylic acids is 4. The van der Waals surface area contributed by atoms with E-state index in [9.17, 15) is 32.3 Å². The molecule has 4 aromatic rings. The largest absolute Gasteiger partial charge is 0.444 e. The van der Waals surface area contributed by atoms with Gasteiger partial charge in [0.05, 0.1) is 48.7 Å². The van der Waals surface area contributed by atoms with Gasteiger partial charge in [0.25, 0.3) is 11.8 Å². The first-order valence-electron chi connectivity index (χ1n) is 18.3. The lowest BCUT2D eigenvalue weighted by molar-refractivity contribution is -0.858. The number of quaternary nitrogens is 1. The molecule has 5 rings (SSSR count). The minimum atomic E-state index is -4.90. The van der Waals surface area contributed by atoms with Gasteiger partial charge in [0.15, 0.2) is 23.2 Å². The zero-order valence-corrected chi connectivity index (χ0v) is 33.5. The number of aromatic nitrogens is 6. The quantitative estimate of drug-likeness (QED) is 0.201. The standard InChI is InChI=1S/C37H45ClF3N11O5/c1-8-22(13-14-48(5)6)33(54)50-15-17-51(18-16-50)34(55)24-10-9-23(19-26(24)38)43-32(53)31-42-20-27(49(31)7)25-21-52(47-30(25)37(39,40)41)29-12-11-28(45-46-29)44-35(56)57-36(2,3)4/h9-12,19-22H,8,13-18H2,1-7H3,(H,43,53)(H,44,45,56)/p+1. The van der Waals surface area contributed by atoms with E-state index in [4.69, 9.17) is 16.3 Å². The van der Waals surface area contributed by atoms with Gasteiger partial charge in [-0.1, -0.05) is 18.5 Å². The van der Waals surface area contributed by atoms with Crippen LogP contribution in [0.1, 0.15) is 67.2 Å². The van der Waals surface area contributed by atoms with Gasteiger partial charge in [-0.05, 0) is 57.5 Å². The molecule has 1 aliphatic heterocycles. The first-order valence-corrected chi connectivity index (χ1v) is 18.6. The number of nitrogens with zero attached hydrogens (tertiary/aromatic N) is 8. The molecule has 0 bridgehead atoms. The fourth-order valence-electron chi connectivity index (χ4n) is 6.16. The van der Waals surface area contributed by atoms with E-state index in [1.54, 1.807) is 25.7 Å². The summed E-state index contributed by atoms with van der Waals surface area (Å²) in [5.41, 5.74) is -2.06. The van der Waals surface area contributed by atoms with Gasteiger partial charge in [0, 0.05) is 57.4 Å². The molecule has 1 saturated heterocycles. The Labute approximate surface area is 332 Å². The zero-order chi connectivity index (χ0) is 41.8. The third-order valence-corrected chi connectivity index (χ3v) is 9.45. The minimum absolute atomic E-state index is 0.00107. The second-order valence-electron chi connectivity index (χ2n) is 14.9. The molecule has 1 atom stereocenters. The molecule has 0 aliphatic carbocycles. The van der Waals surface area contributed by atoms with Crippen LogP contribution in [-0.4, -0.2) is 116 Å². The highest BCUT2D eigenvalue weighted by molar-refractivity contribution is 6.34. The highest BCUT2D eigenvalue weighted by Gasteiger charge is 2.39. The second kappa shape index (κ2) is 17.3. The fourth-order valence-corrected chi connectivity index (χ4v) is 6.42. The van der Waals surface area contributed by atoms with E-state index in [1.165, 1.54) is 46.8 Å². The topological polar surface area (TPSA) is 174 Å². The highest BCUT2D eigenvalue weighted by Crippen LogP contribution is 2.37. The molecule has 0 radical (unpaired) electrons. The van der Waals surface area contributed by atoms with Crippen LogP contribution in [0.2, 0.25) is 5.02 Å². The average Bonchev–Trinajstić information content (AvgIpc) is 3.75. The maximum absolute atomic E-state index is 14.2. The molecule has 0 saturated carbocycles. The zero-order valence-electron chi connectivity index (χ0n) is 32.7. The second-order valence-corrected chi connectivity index (χ2v) is 15.3. The van der Waals surface area contributed by atoms with Gasteiger partial charge in [-0.25, -0.2) is 14.5 Å². The van der Waals surface area contributed by atoms with Crippen LogP contribution in [0.5, 0.6) is 0 Å². The van der Waals surface area contributed by atoms with Gasteiger partial charge in [-0.3, -0.25) is 19.7 Å². The normalized spacial score (nSPS) is 14.1. The number of benzene rings is 1.